The van der Waals surface area contributed by atoms with Gasteiger partial charge in [0.05, 0.1) is 11.9 Å². The van der Waals surface area contributed by atoms with Crippen LogP contribution in [0, 0.1) is 0 Å². The number of benzene rings is 1. The second-order valence-electron chi connectivity index (χ2n) is 6.22. The smallest absolute Gasteiger partial charge is 0.208 e. The van der Waals surface area contributed by atoms with Crippen molar-refractivity contribution in [2.24, 2.45) is 4.99 Å². The number of hydrogen-bond acceptors (Lipinski definition) is 5. The average molecular weight is 511 g/mol. The molecule has 0 atom stereocenters. The minimum atomic E-state index is -3.14. The van der Waals surface area contributed by atoms with E-state index in [0.717, 1.165) is 50.6 Å². The van der Waals surface area contributed by atoms with Gasteiger partial charge in [0.25, 0.3) is 0 Å². The SMILES string of the molecule is CCNC(=NCCCNS(C)(=O)=O)N1CCN(c2ccccc2O)CC1.I. The molecule has 1 aliphatic rings. The summed E-state index contributed by atoms with van der Waals surface area (Å²) in [5.41, 5.74) is 0.862. The number of guanidine groups is 1. The van der Waals surface area contributed by atoms with Gasteiger partial charge in [-0.1, -0.05) is 12.1 Å². The van der Waals surface area contributed by atoms with Gasteiger partial charge < -0.3 is 20.2 Å². The van der Waals surface area contributed by atoms with Crippen LogP contribution in [0.5, 0.6) is 5.75 Å². The van der Waals surface area contributed by atoms with Gasteiger partial charge >= 0.3 is 0 Å². The van der Waals surface area contributed by atoms with Crippen molar-refractivity contribution in [3.63, 3.8) is 0 Å². The fourth-order valence-electron chi connectivity index (χ4n) is 2.84. The standard InChI is InChI=1S/C17H29N5O3S.HI/c1-3-18-17(19-9-6-10-20-26(2,24)25)22-13-11-21(12-14-22)15-7-4-5-8-16(15)23;/h4-5,7-8,20,23H,3,6,9-14H2,1-2H3,(H,18,19);1H. The molecule has 2 rings (SSSR count). The van der Waals surface area contributed by atoms with Gasteiger partial charge in [-0.3, -0.25) is 4.99 Å². The van der Waals surface area contributed by atoms with E-state index in [1.54, 1.807) is 6.07 Å². The lowest BCUT2D eigenvalue weighted by atomic mass is 10.2. The van der Waals surface area contributed by atoms with Gasteiger partial charge in [-0.25, -0.2) is 13.1 Å². The topological polar surface area (TPSA) is 97.3 Å². The zero-order chi connectivity index (χ0) is 19.0. The van der Waals surface area contributed by atoms with Crippen LogP contribution >= 0.6 is 24.0 Å². The van der Waals surface area contributed by atoms with Gasteiger partial charge in [0, 0.05) is 45.8 Å². The maximum Gasteiger partial charge on any atom is 0.208 e. The minimum absolute atomic E-state index is 0. The third-order valence-corrected chi connectivity index (χ3v) is 4.83. The van der Waals surface area contributed by atoms with Gasteiger partial charge in [-0.05, 0) is 25.5 Å². The number of aliphatic imine (C=N–C) groups is 1. The Labute approximate surface area is 179 Å². The highest BCUT2D eigenvalue weighted by molar-refractivity contribution is 14.0. The number of para-hydroxylation sites is 2. The van der Waals surface area contributed by atoms with E-state index in [2.05, 4.69) is 24.8 Å². The molecule has 0 saturated carbocycles. The molecule has 1 aromatic rings. The molecule has 1 saturated heterocycles. The van der Waals surface area contributed by atoms with Crippen LogP contribution in [-0.4, -0.2) is 76.5 Å². The number of nitrogens with zero attached hydrogens (tertiary/aromatic N) is 3. The van der Waals surface area contributed by atoms with Crippen LogP contribution in [-0.2, 0) is 10.0 Å². The van der Waals surface area contributed by atoms with Gasteiger partial charge in [0.2, 0.25) is 10.0 Å². The Morgan fingerprint density at radius 1 is 1.22 bits per heavy atom. The number of hydrogen-bond donors (Lipinski definition) is 3. The summed E-state index contributed by atoms with van der Waals surface area (Å²) in [6, 6.07) is 7.39. The van der Waals surface area contributed by atoms with Gasteiger partial charge in [-0.2, -0.15) is 0 Å². The lowest BCUT2D eigenvalue weighted by molar-refractivity contribution is 0.370. The van der Waals surface area contributed by atoms with E-state index in [1.165, 1.54) is 0 Å². The van der Waals surface area contributed by atoms with Gasteiger partial charge in [0.1, 0.15) is 5.75 Å². The minimum Gasteiger partial charge on any atom is -0.506 e. The van der Waals surface area contributed by atoms with Crippen molar-refractivity contribution in [2.75, 3.05) is 57.0 Å². The predicted molar refractivity (Wildman–Crippen MR) is 121 cm³/mol. The second kappa shape index (κ2) is 11.5. The largest absolute Gasteiger partial charge is 0.506 e. The fraction of sp³-hybridized carbons (Fsp3) is 0.588. The fourth-order valence-corrected chi connectivity index (χ4v) is 3.35. The first-order valence-electron chi connectivity index (χ1n) is 8.91. The van der Waals surface area contributed by atoms with Crippen LogP contribution < -0.4 is 14.9 Å². The summed E-state index contributed by atoms with van der Waals surface area (Å²) in [6.45, 7) is 6.98. The number of phenolic OH excluding ortho intramolecular Hbond substituents is 1. The Bertz CT molecular complexity index is 706. The molecule has 0 unspecified atom stereocenters. The molecule has 3 N–H and O–H groups in total. The highest BCUT2D eigenvalue weighted by Gasteiger charge is 2.21. The summed E-state index contributed by atoms with van der Waals surface area (Å²) in [5.74, 6) is 1.16. The van der Waals surface area contributed by atoms with Crippen LogP contribution in [0.1, 0.15) is 13.3 Å². The number of piperazine rings is 1. The first kappa shape index (κ1) is 23.8. The highest BCUT2D eigenvalue weighted by Crippen LogP contribution is 2.27. The Hall–Kier alpha value is -1.27. The number of sulfonamides is 1. The molecule has 154 valence electrons. The molecule has 0 aromatic heterocycles. The Balaban J connectivity index is 0.00000364. The van der Waals surface area contributed by atoms with Crippen LogP contribution in [0.15, 0.2) is 29.3 Å². The molecular formula is C17H30IN5O3S. The van der Waals surface area contributed by atoms with Gasteiger partial charge in [0.15, 0.2) is 5.96 Å². The number of aromatic hydroxyl groups is 1. The lowest BCUT2D eigenvalue weighted by Gasteiger charge is -2.37. The second-order valence-corrected chi connectivity index (χ2v) is 8.05. The maximum absolute atomic E-state index is 11.1. The van der Waals surface area contributed by atoms with E-state index >= 15 is 0 Å². The monoisotopic (exact) mass is 511 g/mol. The van der Waals surface area contributed by atoms with Crippen LogP contribution in [0.4, 0.5) is 5.69 Å². The zero-order valence-corrected chi connectivity index (χ0v) is 19.0. The molecule has 1 aromatic carbocycles. The Morgan fingerprint density at radius 2 is 1.89 bits per heavy atom. The molecule has 0 radical (unpaired) electrons. The molecule has 8 nitrogen and oxygen atoms in total. The molecule has 1 fully saturated rings. The molecule has 1 aliphatic heterocycles. The normalized spacial score (nSPS) is 15.4. The quantitative estimate of drug-likeness (QED) is 0.219. The van der Waals surface area contributed by atoms with E-state index in [4.69, 9.17) is 0 Å². The molecule has 0 bridgehead atoms. The van der Waals surface area contributed by atoms with Crippen LogP contribution in [0.2, 0.25) is 0 Å². The predicted octanol–water partition coefficient (Wildman–Crippen LogP) is 1.04. The first-order chi connectivity index (χ1) is 12.4. The van der Waals surface area contributed by atoms with Crippen molar-refractivity contribution in [1.29, 1.82) is 0 Å². The van der Waals surface area contributed by atoms with Crippen LogP contribution in [0.3, 0.4) is 0 Å². The van der Waals surface area contributed by atoms with E-state index in [0.29, 0.717) is 25.3 Å². The zero-order valence-electron chi connectivity index (χ0n) is 15.9. The third kappa shape index (κ3) is 8.09. The highest BCUT2D eigenvalue weighted by atomic mass is 127. The van der Waals surface area contributed by atoms with E-state index in [1.807, 2.05) is 25.1 Å². The summed E-state index contributed by atoms with van der Waals surface area (Å²) >= 11 is 0. The summed E-state index contributed by atoms with van der Waals surface area (Å²) in [4.78, 5) is 8.97. The third-order valence-electron chi connectivity index (χ3n) is 4.10. The van der Waals surface area contributed by atoms with E-state index < -0.39 is 10.0 Å². The van der Waals surface area contributed by atoms with E-state index in [-0.39, 0.29) is 24.0 Å². The average Bonchev–Trinajstić information content (AvgIpc) is 2.60. The van der Waals surface area contributed by atoms with Crippen molar-refractivity contribution >= 4 is 45.6 Å². The summed E-state index contributed by atoms with van der Waals surface area (Å²) in [6.07, 6.45) is 1.81. The molecular weight excluding hydrogens is 481 g/mol. The molecule has 0 amide bonds. The molecule has 0 spiro atoms. The van der Waals surface area contributed by atoms with Gasteiger partial charge in [-0.15, -0.1) is 24.0 Å². The maximum atomic E-state index is 11.1. The number of phenols is 1. The molecule has 10 heteroatoms. The summed E-state index contributed by atoms with van der Waals surface area (Å²) in [7, 11) is -3.14. The number of halogens is 1. The summed E-state index contributed by atoms with van der Waals surface area (Å²) < 4.78 is 24.6. The Kier molecular flexibility index (Phi) is 10.2. The number of rotatable bonds is 7. The van der Waals surface area contributed by atoms with Crippen molar-refractivity contribution in [2.45, 2.75) is 13.3 Å². The molecule has 0 aliphatic carbocycles. The number of nitrogens with one attached hydrogen (secondary N) is 2. The lowest BCUT2D eigenvalue weighted by Crippen LogP contribution is -2.52. The number of anilines is 1. The molecule has 1 heterocycles. The summed E-state index contributed by atoms with van der Waals surface area (Å²) in [5, 5.41) is 13.3. The van der Waals surface area contributed by atoms with Crippen molar-refractivity contribution < 1.29 is 13.5 Å². The van der Waals surface area contributed by atoms with Crippen molar-refractivity contribution in [3.8, 4) is 5.75 Å². The Morgan fingerprint density at radius 3 is 2.48 bits per heavy atom. The van der Waals surface area contributed by atoms with Crippen LogP contribution in [0.25, 0.3) is 0 Å². The van der Waals surface area contributed by atoms with Crippen molar-refractivity contribution in [3.05, 3.63) is 24.3 Å². The first-order valence-corrected chi connectivity index (χ1v) is 10.8. The molecule has 27 heavy (non-hydrogen) atoms. The van der Waals surface area contributed by atoms with Crippen molar-refractivity contribution in [1.82, 2.24) is 14.9 Å². The van der Waals surface area contributed by atoms with E-state index in [9.17, 15) is 13.5 Å².